The van der Waals surface area contributed by atoms with Crippen molar-refractivity contribution >= 4 is 51.0 Å². The number of sulfonamides is 1. The second-order valence-corrected chi connectivity index (χ2v) is 14.5. The van der Waals surface area contributed by atoms with Gasteiger partial charge in [0, 0.05) is 34.1 Å². The Morgan fingerprint density at radius 1 is 0.957 bits per heavy atom. The van der Waals surface area contributed by atoms with Gasteiger partial charge in [-0.2, -0.15) is 0 Å². The zero-order chi connectivity index (χ0) is 33.7. The van der Waals surface area contributed by atoms with Crippen LogP contribution in [0, 0.1) is 0 Å². The van der Waals surface area contributed by atoms with Crippen molar-refractivity contribution in [3.05, 3.63) is 105 Å². The molecule has 1 saturated carbocycles. The Kier molecular flexibility index (Phi) is 11.2. The van der Waals surface area contributed by atoms with Gasteiger partial charge in [0.15, 0.2) is 0 Å². The van der Waals surface area contributed by atoms with Gasteiger partial charge in [0.1, 0.15) is 0 Å². The molecule has 4 atom stereocenters. The van der Waals surface area contributed by atoms with Crippen molar-refractivity contribution in [3.8, 4) is 0 Å². The zero-order valence-electron chi connectivity index (χ0n) is 26.1. The van der Waals surface area contributed by atoms with Gasteiger partial charge in [-0.05, 0) is 59.7 Å². The normalized spacial score (nSPS) is 21.2. The third kappa shape index (κ3) is 8.33. The lowest BCUT2D eigenvalue weighted by molar-refractivity contribution is -0.140. The number of halogens is 2. The first-order valence-corrected chi connectivity index (χ1v) is 18.0. The van der Waals surface area contributed by atoms with Gasteiger partial charge in [-0.1, -0.05) is 84.6 Å². The Balaban J connectivity index is 1.49. The summed E-state index contributed by atoms with van der Waals surface area (Å²) >= 11 is 13.0. The molecule has 1 aliphatic heterocycles. The van der Waals surface area contributed by atoms with Crippen LogP contribution in [-0.2, 0) is 42.2 Å². The van der Waals surface area contributed by atoms with Crippen LogP contribution in [0.4, 0.5) is 0 Å². The van der Waals surface area contributed by atoms with Crippen molar-refractivity contribution < 1.29 is 32.4 Å². The molecule has 2 amide bonds. The van der Waals surface area contributed by atoms with Crippen molar-refractivity contribution in [2.75, 3.05) is 13.4 Å². The summed E-state index contributed by atoms with van der Waals surface area (Å²) in [6, 6.07) is 17.3. The minimum Gasteiger partial charge on any atom is -0.469 e. The molecule has 0 radical (unpaired) electrons. The van der Waals surface area contributed by atoms with Gasteiger partial charge in [-0.15, -0.1) is 0 Å². The molecule has 0 spiro atoms. The number of fused-ring (bicyclic) bond motifs is 1. The van der Waals surface area contributed by atoms with Gasteiger partial charge < -0.3 is 9.64 Å². The molecule has 250 valence electrons. The Hall–Kier alpha value is -3.48. The molecule has 1 aliphatic carbocycles. The predicted molar refractivity (Wildman–Crippen MR) is 178 cm³/mol. The number of esters is 1. The molecule has 0 saturated heterocycles. The van der Waals surface area contributed by atoms with Gasteiger partial charge in [-0.25, -0.2) is 18.6 Å². The second-order valence-electron chi connectivity index (χ2n) is 11.9. The maximum Gasteiger partial charge on any atom is 0.305 e. The lowest BCUT2D eigenvalue weighted by atomic mass is 9.76. The van der Waals surface area contributed by atoms with Crippen molar-refractivity contribution in [1.29, 1.82) is 0 Å². The van der Waals surface area contributed by atoms with Crippen molar-refractivity contribution in [3.63, 3.8) is 0 Å². The number of carbonyl (C=O) groups is 3. The number of nitrogens with one attached hydrogen (secondary N) is 2. The van der Waals surface area contributed by atoms with Gasteiger partial charge in [0.25, 0.3) is 11.8 Å². The number of hydrogen-bond donors (Lipinski definition) is 2. The van der Waals surface area contributed by atoms with Crippen LogP contribution in [0.2, 0.25) is 10.0 Å². The van der Waals surface area contributed by atoms with Gasteiger partial charge in [0.05, 0.1) is 31.9 Å². The third-order valence-electron chi connectivity index (χ3n) is 8.64. The van der Waals surface area contributed by atoms with Crippen LogP contribution in [0.1, 0.15) is 76.7 Å². The molecular formula is C34H37Cl2N3O7S. The van der Waals surface area contributed by atoms with E-state index in [4.69, 9.17) is 32.8 Å². The van der Waals surface area contributed by atoms with Gasteiger partial charge in [-0.3, -0.25) is 19.2 Å². The maximum absolute atomic E-state index is 14.4. The summed E-state index contributed by atoms with van der Waals surface area (Å²) in [6.45, 7) is 0.0458. The maximum atomic E-state index is 14.4. The Morgan fingerprint density at radius 3 is 2.45 bits per heavy atom. The summed E-state index contributed by atoms with van der Waals surface area (Å²) in [5.74, 6) is -2.09. The number of methoxy groups -OCH3 is 1. The number of ether oxygens (including phenoxy) is 1. The molecule has 1 heterocycles. The SMILES string of the molecule is COC(=O)CCc1cccc(CONC(=O)[C@@H]2c3ccccc3C(=O)N([C@H]3CCCC[C@@H]3NS(C)(=O)=O)[C@H]2c2ccc(Cl)cc2Cl)c1. The third-order valence-corrected chi connectivity index (χ3v) is 9.93. The number of carbonyl (C=O) groups excluding carboxylic acids is 3. The number of nitrogens with zero attached hydrogens (tertiary/aromatic N) is 1. The standard InChI is InChI=1S/C34H37Cl2N3O7S/c1-45-30(40)17-14-21-8-7-9-22(18-21)20-46-37-33(41)31-24-10-3-4-11-25(24)34(42)39(32(31)26-16-15-23(35)19-27(26)36)29-13-6-5-12-28(29)38-47(2,43)44/h3-4,7-11,15-16,18-19,28-29,31-32,38H,5-6,12-14,17,20H2,1-2H3,(H,37,41)/t28-,29-,31+,32-/m0/s1. The number of aryl methyl sites for hydroxylation is 1. The molecule has 2 aliphatic rings. The molecule has 5 rings (SSSR count). The van der Waals surface area contributed by atoms with Crippen LogP contribution < -0.4 is 10.2 Å². The van der Waals surface area contributed by atoms with Crippen LogP contribution in [0.3, 0.4) is 0 Å². The Labute approximate surface area is 284 Å². The molecule has 0 unspecified atom stereocenters. The number of hydrogen-bond acceptors (Lipinski definition) is 7. The van der Waals surface area contributed by atoms with E-state index in [1.54, 1.807) is 47.4 Å². The smallest absolute Gasteiger partial charge is 0.305 e. The van der Waals surface area contributed by atoms with Crippen LogP contribution in [0.15, 0.2) is 66.7 Å². The highest BCUT2D eigenvalue weighted by atomic mass is 35.5. The van der Waals surface area contributed by atoms with E-state index in [1.165, 1.54) is 7.11 Å². The summed E-state index contributed by atoms with van der Waals surface area (Å²) < 4.78 is 32.3. The van der Waals surface area contributed by atoms with E-state index >= 15 is 0 Å². The minimum atomic E-state index is -3.60. The van der Waals surface area contributed by atoms with Crippen LogP contribution in [-0.4, -0.2) is 56.6 Å². The molecule has 13 heteroatoms. The Morgan fingerprint density at radius 2 is 1.70 bits per heavy atom. The highest BCUT2D eigenvalue weighted by Crippen LogP contribution is 2.47. The van der Waals surface area contributed by atoms with E-state index < -0.39 is 40.0 Å². The predicted octanol–water partition coefficient (Wildman–Crippen LogP) is 5.49. The molecule has 0 bridgehead atoms. The highest BCUT2D eigenvalue weighted by Gasteiger charge is 2.49. The van der Waals surface area contributed by atoms with Crippen LogP contribution in [0.25, 0.3) is 0 Å². The summed E-state index contributed by atoms with van der Waals surface area (Å²) in [5, 5.41) is 0.658. The van der Waals surface area contributed by atoms with E-state index in [1.807, 2.05) is 24.3 Å². The first-order chi connectivity index (χ1) is 22.5. The fourth-order valence-corrected chi connectivity index (χ4v) is 7.95. The first kappa shape index (κ1) is 34.8. The van der Waals surface area contributed by atoms with E-state index in [0.717, 1.165) is 30.2 Å². The summed E-state index contributed by atoms with van der Waals surface area (Å²) in [4.78, 5) is 47.6. The number of rotatable bonds is 11. The fraction of sp³-hybridized carbons (Fsp3) is 0.382. The zero-order valence-corrected chi connectivity index (χ0v) is 28.4. The van der Waals surface area contributed by atoms with Crippen LogP contribution >= 0.6 is 23.2 Å². The van der Waals surface area contributed by atoms with Gasteiger partial charge >= 0.3 is 5.97 Å². The van der Waals surface area contributed by atoms with Crippen molar-refractivity contribution in [1.82, 2.24) is 15.1 Å². The fourth-order valence-electron chi connectivity index (χ4n) is 6.61. The van der Waals surface area contributed by atoms with Crippen molar-refractivity contribution in [2.24, 2.45) is 0 Å². The van der Waals surface area contributed by atoms with E-state index in [0.29, 0.717) is 41.0 Å². The lowest BCUT2D eigenvalue weighted by Crippen LogP contribution is -2.59. The minimum absolute atomic E-state index is 0.0458. The van der Waals surface area contributed by atoms with Crippen LogP contribution in [0.5, 0.6) is 0 Å². The Bertz CT molecular complexity index is 1750. The summed E-state index contributed by atoms with van der Waals surface area (Å²) in [5.41, 5.74) is 5.65. The average Bonchev–Trinajstić information content (AvgIpc) is 3.03. The summed E-state index contributed by atoms with van der Waals surface area (Å²) in [7, 11) is -2.26. The molecule has 3 aromatic rings. The van der Waals surface area contributed by atoms with Gasteiger partial charge in [0.2, 0.25) is 10.0 Å². The lowest BCUT2D eigenvalue weighted by Gasteiger charge is -2.49. The topological polar surface area (TPSA) is 131 Å². The van der Waals surface area contributed by atoms with E-state index in [9.17, 15) is 22.8 Å². The molecule has 47 heavy (non-hydrogen) atoms. The number of benzene rings is 3. The van der Waals surface area contributed by atoms with E-state index in [-0.39, 0.29) is 29.9 Å². The molecule has 2 N–H and O–H groups in total. The number of amides is 2. The number of hydroxylamine groups is 1. The molecular weight excluding hydrogens is 665 g/mol. The molecule has 0 aromatic heterocycles. The monoisotopic (exact) mass is 701 g/mol. The average molecular weight is 703 g/mol. The first-order valence-electron chi connectivity index (χ1n) is 15.4. The largest absolute Gasteiger partial charge is 0.469 e. The quantitative estimate of drug-likeness (QED) is 0.200. The van der Waals surface area contributed by atoms with E-state index in [2.05, 4.69) is 10.2 Å². The summed E-state index contributed by atoms with van der Waals surface area (Å²) in [6.07, 6.45) is 4.46. The highest BCUT2D eigenvalue weighted by molar-refractivity contribution is 7.88. The van der Waals surface area contributed by atoms with Crippen molar-refractivity contribution in [2.45, 2.75) is 69.2 Å². The molecule has 3 aromatic carbocycles. The second kappa shape index (κ2) is 15.2. The molecule has 10 nitrogen and oxygen atoms in total. The molecule has 1 fully saturated rings.